The lowest BCUT2D eigenvalue weighted by atomic mass is 10.0. The van der Waals surface area contributed by atoms with Crippen LogP contribution in [0.25, 0.3) is 0 Å². The standard InChI is InChI=1S/C18H20BrN5O/c1-23-15-11-21-18(19)22-16(15)24(13-7-2-3-8-13)14(17(23)25)10-12-6-4-5-9-20-12/h4-6,9,11,13-14H,2-3,7-8,10H2,1H3/t14-/m1/s1. The molecule has 2 aromatic heterocycles. The van der Waals surface area contributed by atoms with Crippen molar-refractivity contribution in [2.24, 2.45) is 0 Å². The molecule has 0 bridgehead atoms. The number of aromatic nitrogens is 3. The van der Waals surface area contributed by atoms with Gasteiger partial charge in [0.2, 0.25) is 5.91 Å². The third kappa shape index (κ3) is 3.01. The maximum atomic E-state index is 13.1. The fourth-order valence-electron chi connectivity index (χ4n) is 3.89. The van der Waals surface area contributed by atoms with E-state index in [0.717, 1.165) is 30.0 Å². The first-order chi connectivity index (χ1) is 12.1. The molecule has 2 aliphatic rings. The van der Waals surface area contributed by atoms with Crippen LogP contribution in [0.5, 0.6) is 0 Å². The molecule has 0 radical (unpaired) electrons. The topological polar surface area (TPSA) is 62.2 Å². The number of nitrogens with zero attached hydrogens (tertiary/aromatic N) is 5. The van der Waals surface area contributed by atoms with Crippen molar-refractivity contribution in [1.82, 2.24) is 15.0 Å². The number of carbonyl (C=O) groups excluding carboxylic acids is 1. The van der Waals surface area contributed by atoms with Gasteiger partial charge in [-0.1, -0.05) is 18.9 Å². The molecule has 0 N–H and O–H groups in total. The lowest BCUT2D eigenvalue weighted by Crippen LogP contribution is -2.57. The van der Waals surface area contributed by atoms with E-state index in [1.54, 1.807) is 24.3 Å². The van der Waals surface area contributed by atoms with Crippen LogP contribution >= 0.6 is 15.9 Å². The Hall–Kier alpha value is -2.02. The van der Waals surface area contributed by atoms with Crippen LogP contribution in [0.2, 0.25) is 0 Å². The van der Waals surface area contributed by atoms with E-state index in [4.69, 9.17) is 0 Å². The lowest BCUT2D eigenvalue weighted by molar-refractivity contribution is -0.120. The number of rotatable bonds is 3. The molecular weight excluding hydrogens is 382 g/mol. The fourth-order valence-corrected chi connectivity index (χ4v) is 4.16. The number of fused-ring (bicyclic) bond motifs is 1. The molecule has 25 heavy (non-hydrogen) atoms. The molecule has 0 aromatic carbocycles. The summed E-state index contributed by atoms with van der Waals surface area (Å²) in [5.41, 5.74) is 1.70. The maximum Gasteiger partial charge on any atom is 0.250 e. The first kappa shape index (κ1) is 16.4. The van der Waals surface area contributed by atoms with Gasteiger partial charge in [-0.25, -0.2) is 9.97 Å². The van der Waals surface area contributed by atoms with E-state index in [-0.39, 0.29) is 11.9 Å². The second-order valence-corrected chi connectivity index (χ2v) is 7.34. The summed E-state index contributed by atoms with van der Waals surface area (Å²) in [6.07, 6.45) is 8.67. The SMILES string of the molecule is CN1C(=O)[C@@H](Cc2ccccn2)N(C2CCCC2)c2nc(Br)ncc21. The Morgan fingerprint density at radius 3 is 2.76 bits per heavy atom. The zero-order valence-corrected chi connectivity index (χ0v) is 15.7. The molecule has 4 rings (SSSR count). The van der Waals surface area contributed by atoms with Gasteiger partial charge in [0.25, 0.3) is 0 Å². The molecule has 1 amide bonds. The van der Waals surface area contributed by atoms with E-state index in [2.05, 4.69) is 35.8 Å². The molecule has 1 saturated carbocycles. The predicted octanol–water partition coefficient (Wildman–Crippen LogP) is 2.97. The van der Waals surface area contributed by atoms with Crippen LogP contribution in [-0.2, 0) is 11.2 Å². The van der Waals surface area contributed by atoms with Crippen LogP contribution < -0.4 is 9.80 Å². The molecule has 0 unspecified atom stereocenters. The number of amides is 1. The summed E-state index contributed by atoms with van der Waals surface area (Å²) < 4.78 is 0.550. The summed E-state index contributed by atoms with van der Waals surface area (Å²) in [6.45, 7) is 0. The van der Waals surface area contributed by atoms with Crippen LogP contribution in [0.1, 0.15) is 31.4 Å². The van der Waals surface area contributed by atoms with Crippen molar-refractivity contribution in [3.8, 4) is 0 Å². The minimum absolute atomic E-state index is 0.0796. The fraction of sp³-hybridized carbons (Fsp3) is 0.444. The average Bonchev–Trinajstić information content (AvgIpc) is 3.14. The third-order valence-electron chi connectivity index (χ3n) is 5.12. The van der Waals surface area contributed by atoms with E-state index in [0.29, 0.717) is 17.2 Å². The highest BCUT2D eigenvalue weighted by Gasteiger charge is 2.42. The first-order valence-corrected chi connectivity index (χ1v) is 9.43. The molecule has 0 saturated heterocycles. The Labute approximate surface area is 155 Å². The number of anilines is 2. The summed E-state index contributed by atoms with van der Waals surface area (Å²) >= 11 is 3.38. The Balaban J connectivity index is 1.78. The number of carbonyl (C=O) groups is 1. The van der Waals surface area contributed by atoms with Crippen LogP contribution in [-0.4, -0.2) is 40.0 Å². The molecule has 1 atom stereocenters. The molecule has 7 heteroatoms. The van der Waals surface area contributed by atoms with Crippen molar-refractivity contribution in [3.05, 3.63) is 41.0 Å². The highest BCUT2D eigenvalue weighted by molar-refractivity contribution is 9.10. The van der Waals surface area contributed by atoms with Gasteiger partial charge in [-0.3, -0.25) is 9.78 Å². The van der Waals surface area contributed by atoms with Crippen molar-refractivity contribution in [1.29, 1.82) is 0 Å². The summed E-state index contributed by atoms with van der Waals surface area (Å²) in [4.78, 5) is 30.3. The molecule has 2 aromatic rings. The van der Waals surface area contributed by atoms with E-state index in [9.17, 15) is 4.79 Å². The summed E-state index contributed by atoms with van der Waals surface area (Å²) in [5.74, 6) is 0.924. The molecule has 1 fully saturated rings. The normalized spacial score (nSPS) is 20.9. The van der Waals surface area contributed by atoms with Gasteiger partial charge in [-0.2, -0.15) is 0 Å². The quantitative estimate of drug-likeness (QED) is 0.739. The predicted molar refractivity (Wildman–Crippen MR) is 99.6 cm³/mol. The Morgan fingerprint density at radius 2 is 2.04 bits per heavy atom. The van der Waals surface area contributed by atoms with Crippen molar-refractivity contribution in [2.45, 2.75) is 44.2 Å². The zero-order chi connectivity index (χ0) is 17.4. The van der Waals surface area contributed by atoms with E-state index >= 15 is 0 Å². The second kappa shape index (κ2) is 6.71. The highest BCUT2D eigenvalue weighted by Crippen LogP contribution is 2.39. The number of halogens is 1. The Kier molecular flexibility index (Phi) is 4.41. The van der Waals surface area contributed by atoms with Gasteiger partial charge in [0.05, 0.1) is 6.20 Å². The van der Waals surface area contributed by atoms with Crippen LogP contribution in [0.3, 0.4) is 0 Å². The monoisotopic (exact) mass is 401 g/mol. The second-order valence-electron chi connectivity index (χ2n) is 6.63. The van der Waals surface area contributed by atoms with Gasteiger partial charge in [-0.15, -0.1) is 0 Å². The zero-order valence-electron chi connectivity index (χ0n) is 14.1. The number of hydrogen-bond donors (Lipinski definition) is 0. The number of likely N-dealkylation sites (N-methyl/N-ethyl adjacent to an activating group) is 1. The van der Waals surface area contributed by atoms with Crippen LogP contribution in [0, 0.1) is 0 Å². The maximum absolute atomic E-state index is 13.1. The van der Waals surface area contributed by atoms with Gasteiger partial charge < -0.3 is 9.80 Å². The van der Waals surface area contributed by atoms with Crippen molar-refractivity contribution >= 4 is 33.3 Å². The molecule has 0 spiro atoms. The minimum Gasteiger partial charge on any atom is -0.339 e. The molecular formula is C18H20BrN5O. The van der Waals surface area contributed by atoms with Gasteiger partial charge in [0.1, 0.15) is 11.7 Å². The molecule has 130 valence electrons. The van der Waals surface area contributed by atoms with Gasteiger partial charge in [-0.05, 0) is 40.9 Å². The van der Waals surface area contributed by atoms with Crippen molar-refractivity contribution in [3.63, 3.8) is 0 Å². The van der Waals surface area contributed by atoms with Gasteiger partial charge in [0.15, 0.2) is 10.6 Å². The number of hydrogen-bond acceptors (Lipinski definition) is 5. The third-order valence-corrected chi connectivity index (χ3v) is 5.51. The smallest absolute Gasteiger partial charge is 0.250 e. The highest BCUT2D eigenvalue weighted by atomic mass is 79.9. The van der Waals surface area contributed by atoms with E-state index in [1.807, 2.05) is 18.2 Å². The lowest BCUT2D eigenvalue weighted by Gasteiger charge is -2.43. The largest absolute Gasteiger partial charge is 0.339 e. The van der Waals surface area contributed by atoms with Gasteiger partial charge in [0, 0.05) is 31.4 Å². The number of pyridine rings is 1. The molecule has 6 nitrogen and oxygen atoms in total. The Bertz CT molecular complexity index is 778. The van der Waals surface area contributed by atoms with Crippen molar-refractivity contribution in [2.75, 3.05) is 16.8 Å². The molecule has 1 aliphatic carbocycles. The molecule has 1 aliphatic heterocycles. The van der Waals surface area contributed by atoms with E-state index in [1.165, 1.54) is 12.8 Å². The van der Waals surface area contributed by atoms with Crippen molar-refractivity contribution < 1.29 is 4.79 Å². The Morgan fingerprint density at radius 1 is 1.24 bits per heavy atom. The average molecular weight is 402 g/mol. The van der Waals surface area contributed by atoms with E-state index < -0.39 is 0 Å². The molecule has 3 heterocycles. The summed E-state index contributed by atoms with van der Waals surface area (Å²) in [7, 11) is 1.80. The first-order valence-electron chi connectivity index (χ1n) is 8.63. The van der Waals surface area contributed by atoms with Crippen LogP contribution in [0.4, 0.5) is 11.5 Å². The van der Waals surface area contributed by atoms with Crippen LogP contribution in [0.15, 0.2) is 35.3 Å². The summed E-state index contributed by atoms with van der Waals surface area (Å²) in [5, 5.41) is 0. The van der Waals surface area contributed by atoms with Gasteiger partial charge >= 0.3 is 0 Å². The summed E-state index contributed by atoms with van der Waals surface area (Å²) in [6, 6.07) is 5.90. The minimum atomic E-state index is -0.280.